The van der Waals surface area contributed by atoms with Crippen LogP contribution in [0.2, 0.25) is 0 Å². The van der Waals surface area contributed by atoms with Crippen LogP contribution < -0.4 is 5.32 Å². The zero-order valence-electron chi connectivity index (χ0n) is 13.9. The Labute approximate surface area is 131 Å². The van der Waals surface area contributed by atoms with Crippen molar-refractivity contribution >= 4 is 11.8 Å². The van der Waals surface area contributed by atoms with Crippen LogP contribution in [0, 0.1) is 13.8 Å². The Hall–Kier alpha value is -2.04. The first-order valence-corrected chi connectivity index (χ1v) is 7.52. The number of rotatable bonds is 3. The molecule has 1 aromatic rings. The van der Waals surface area contributed by atoms with E-state index in [1.165, 1.54) is 11.1 Å². The summed E-state index contributed by atoms with van der Waals surface area (Å²) in [7, 11) is 0. The van der Waals surface area contributed by atoms with E-state index in [1.807, 2.05) is 26.8 Å². The van der Waals surface area contributed by atoms with Crippen LogP contribution in [-0.4, -0.2) is 30.1 Å². The third-order valence-electron chi connectivity index (χ3n) is 3.45. The Morgan fingerprint density at radius 1 is 1.36 bits per heavy atom. The number of aryl methyl sites for hydroxylation is 2. The summed E-state index contributed by atoms with van der Waals surface area (Å²) in [5, 5.41) is 6.85. The Balaban J connectivity index is 1.84. The fourth-order valence-electron chi connectivity index (χ4n) is 2.14. The molecule has 0 saturated carbocycles. The number of amides is 1. The van der Waals surface area contributed by atoms with Gasteiger partial charge in [-0.25, -0.2) is 4.79 Å². The lowest BCUT2D eigenvalue weighted by molar-refractivity contribution is 0.0439. The molecule has 120 valence electrons. The molecule has 1 unspecified atom stereocenters. The molecule has 5 heteroatoms. The minimum Gasteiger partial charge on any atom is -0.444 e. The maximum Gasteiger partial charge on any atom is 0.407 e. The van der Waals surface area contributed by atoms with E-state index in [0.29, 0.717) is 13.0 Å². The molecule has 0 fully saturated rings. The van der Waals surface area contributed by atoms with Gasteiger partial charge in [0, 0.05) is 6.42 Å². The summed E-state index contributed by atoms with van der Waals surface area (Å²) in [6.45, 7) is 10.0. The van der Waals surface area contributed by atoms with Gasteiger partial charge in [-0.05, 0) is 57.4 Å². The molecule has 0 aromatic heterocycles. The third-order valence-corrected chi connectivity index (χ3v) is 3.45. The van der Waals surface area contributed by atoms with Gasteiger partial charge in [0.05, 0.1) is 12.3 Å². The Morgan fingerprint density at radius 2 is 2.09 bits per heavy atom. The number of hydrogen-bond donors (Lipinski definition) is 1. The van der Waals surface area contributed by atoms with E-state index >= 15 is 0 Å². The van der Waals surface area contributed by atoms with E-state index < -0.39 is 11.7 Å². The number of carbonyl (C=O) groups is 1. The number of hydrogen-bond acceptors (Lipinski definition) is 4. The van der Waals surface area contributed by atoms with Crippen molar-refractivity contribution in [3.05, 3.63) is 34.9 Å². The van der Waals surface area contributed by atoms with Crippen LogP contribution in [0.15, 0.2) is 23.4 Å². The summed E-state index contributed by atoms with van der Waals surface area (Å²) in [6.07, 6.45) is 0.0954. The monoisotopic (exact) mass is 304 g/mol. The van der Waals surface area contributed by atoms with Gasteiger partial charge in [0.1, 0.15) is 5.60 Å². The molecule has 0 spiro atoms. The quantitative estimate of drug-likeness (QED) is 0.932. The predicted molar refractivity (Wildman–Crippen MR) is 86.2 cm³/mol. The molecule has 5 nitrogen and oxygen atoms in total. The van der Waals surface area contributed by atoms with Crippen molar-refractivity contribution in [1.29, 1.82) is 0 Å². The predicted octanol–water partition coefficient (Wildman–Crippen LogP) is 3.32. The summed E-state index contributed by atoms with van der Waals surface area (Å²) in [5.74, 6) is 0. The molecule has 0 radical (unpaired) electrons. The average Bonchev–Trinajstić information content (AvgIpc) is 2.86. The first-order chi connectivity index (χ1) is 10.2. The number of nitrogens with zero attached hydrogens (tertiary/aromatic N) is 1. The minimum atomic E-state index is -0.498. The highest BCUT2D eigenvalue weighted by Gasteiger charge is 2.24. The summed E-state index contributed by atoms with van der Waals surface area (Å²) in [5.41, 5.74) is 3.98. The molecule has 1 N–H and O–H groups in total. The molecule has 1 amide bonds. The van der Waals surface area contributed by atoms with Crippen LogP contribution in [0.1, 0.15) is 43.9 Å². The fraction of sp³-hybridized carbons (Fsp3) is 0.529. The molecular formula is C17H24N2O3. The summed E-state index contributed by atoms with van der Waals surface area (Å²) < 4.78 is 5.19. The molecule has 1 atom stereocenters. The van der Waals surface area contributed by atoms with E-state index in [0.717, 1.165) is 11.3 Å². The van der Waals surface area contributed by atoms with Crippen molar-refractivity contribution < 1.29 is 14.4 Å². The Bertz CT molecular complexity index is 588. The van der Waals surface area contributed by atoms with E-state index in [4.69, 9.17) is 9.57 Å². The van der Waals surface area contributed by atoms with Gasteiger partial charge in [-0.2, -0.15) is 0 Å². The summed E-state index contributed by atoms with van der Waals surface area (Å²) >= 11 is 0. The first-order valence-electron chi connectivity index (χ1n) is 7.52. The summed E-state index contributed by atoms with van der Waals surface area (Å²) in [6, 6.07) is 6.24. The van der Waals surface area contributed by atoms with E-state index in [1.54, 1.807) is 0 Å². The van der Waals surface area contributed by atoms with Crippen LogP contribution in [0.5, 0.6) is 0 Å². The van der Waals surface area contributed by atoms with Gasteiger partial charge >= 0.3 is 6.09 Å². The second-order valence-electron chi connectivity index (χ2n) is 6.65. The number of oxime groups is 1. The molecule has 1 aliphatic rings. The van der Waals surface area contributed by atoms with Crippen LogP contribution in [0.3, 0.4) is 0 Å². The summed E-state index contributed by atoms with van der Waals surface area (Å²) in [4.78, 5) is 17.0. The zero-order chi connectivity index (χ0) is 16.3. The molecular weight excluding hydrogens is 280 g/mol. The SMILES string of the molecule is Cc1ccc(C2=NOC(CNC(=O)OC(C)(C)C)C2)cc1C. The third kappa shape index (κ3) is 4.48. The molecule has 0 aliphatic carbocycles. The first kappa shape index (κ1) is 16.3. The van der Waals surface area contributed by atoms with Gasteiger partial charge < -0.3 is 14.9 Å². The standard InChI is InChI=1S/C17H24N2O3/c1-11-6-7-13(8-12(11)2)15-9-14(22-19-15)10-18-16(20)21-17(3,4)5/h6-8,14H,9-10H2,1-5H3,(H,18,20). The molecule has 1 heterocycles. The van der Waals surface area contributed by atoms with Gasteiger partial charge in [0.25, 0.3) is 0 Å². The van der Waals surface area contributed by atoms with Crippen molar-refractivity contribution in [2.75, 3.05) is 6.54 Å². The van der Waals surface area contributed by atoms with Crippen molar-refractivity contribution in [2.24, 2.45) is 5.16 Å². The van der Waals surface area contributed by atoms with Crippen molar-refractivity contribution in [1.82, 2.24) is 5.32 Å². The highest BCUT2D eigenvalue weighted by atomic mass is 16.6. The van der Waals surface area contributed by atoms with Gasteiger partial charge in [-0.3, -0.25) is 0 Å². The average molecular weight is 304 g/mol. The number of nitrogens with one attached hydrogen (secondary N) is 1. The molecule has 0 saturated heterocycles. The number of carbonyl (C=O) groups excluding carboxylic acids is 1. The van der Waals surface area contributed by atoms with Gasteiger partial charge in [0.2, 0.25) is 0 Å². The van der Waals surface area contributed by atoms with Gasteiger partial charge in [-0.1, -0.05) is 17.3 Å². The lowest BCUT2D eigenvalue weighted by atomic mass is 10.0. The number of benzene rings is 1. The maximum absolute atomic E-state index is 11.6. The second-order valence-corrected chi connectivity index (χ2v) is 6.65. The van der Waals surface area contributed by atoms with Crippen LogP contribution >= 0.6 is 0 Å². The maximum atomic E-state index is 11.6. The fourth-order valence-corrected chi connectivity index (χ4v) is 2.14. The molecule has 1 aliphatic heterocycles. The second kappa shape index (κ2) is 6.38. The van der Waals surface area contributed by atoms with Crippen LogP contribution in [0.4, 0.5) is 4.79 Å². The highest BCUT2D eigenvalue weighted by Crippen LogP contribution is 2.19. The lowest BCUT2D eigenvalue weighted by Crippen LogP contribution is -2.37. The van der Waals surface area contributed by atoms with Gasteiger partial charge in [-0.15, -0.1) is 0 Å². The smallest absolute Gasteiger partial charge is 0.407 e. The number of ether oxygens (including phenoxy) is 1. The zero-order valence-corrected chi connectivity index (χ0v) is 13.9. The largest absolute Gasteiger partial charge is 0.444 e. The van der Waals surface area contributed by atoms with Crippen LogP contribution in [-0.2, 0) is 9.57 Å². The highest BCUT2D eigenvalue weighted by molar-refractivity contribution is 6.01. The molecule has 2 rings (SSSR count). The van der Waals surface area contributed by atoms with Gasteiger partial charge in [0.15, 0.2) is 6.10 Å². The normalized spacial score (nSPS) is 17.7. The minimum absolute atomic E-state index is 0.149. The molecule has 1 aromatic carbocycles. The Morgan fingerprint density at radius 3 is 2.73 bits per heavy atom. The van der Waals surface area contributed by atoms with Crippen LogP contribution in [0.25, 0.3) is 0 Å². The Kier molecular flexibility index (Phi) is 4.74. The van der Waals surface area contributed by atoms with Crippen molar-refractivity contribution in [3.8, 4) is 0 Å². The van der Waals surface area contributed by atoms with E-state index in [2.05, 4.69) is 36.5 Å². The van der Waals surface area contributed by atoms with Crippen molar-refractivity contribution in [2.45, 2.75) is 52.7 Å². The number of alkyl carbamates (subject to hydrolysis) is 1. The van der Waals surface area contributed by atoms with E-state index in [9.17, 15) is 4.79 Å². The molecule has 22 heavy (non-hydrogen) atoms. The topological polar surface area (TPSA) is 59.9 Å². The molecule has 0 bridgehead atoms. The lowest BCUT2D eigenvalue weighted by Gasteiger charge is -2.20. The van der Waals surface area contributed by atoms with E-state index in [-0.39, 0.29) is 6.10 Å². The van der Waals surface area contributed by atoms with Crippen molar-refractivity contribution in [3.63, 3.8) is 0 Å².